The van der Waals surface area contributed by atoms with Gasteiger partial charge in [-0.2, -0.15) is 0 Å². The number of para-hydroxylation sites is 1. The van der Waals surface area contributed by atoms with Crippen molar-refractivity contribution in [2.75, 3.05) is 51.1 Å². The number of piperazine rings is 1. The molecule has 1 aliphatic rings. The number of likely N-dealkylation sites (N-methyl/N-ethyl adjacent to an activating group) is 1. The van der Waals surface area contributed by atoms with Crippen molar-refractivity contribution in [2.24, 2.45) is 5.92 Å². The van der Waals surface area contributed by atoms with Gasteiger partial charge in [-0.05, 0) is 31.0 Å². The highest BCUT2D eigenvalue weighted by Gasteiger charge is 2.19. The first-order chi connectivity index (χ1) is 12.0. The van der Waals surface area contributed by atoms with Crippen LogP contribution in [0.2, 0.25) is 0 Å². The first-order valence-corrected chi connectivity index (χ1v) is 9.09. The first-order valence-electron chi connectivity index (χ1n) is 9.09. The van der Waals surface area contributed by atoms with E-state index in [9.17, 15) is 9.59 Å². The Morgan fingerprint density at radius 2 is 1.72 bits per heavy atom. The molecule has 25 heavy (non-hydrogen) atoms. The van der Waals surface area contributed by atoms with Crippen LogP contribution in [0.3, 0.4) is 0 Å². The fraction of sp³-hybridized carbons (Fsp3) is 0.579. The van der Waals surface area contributed by atoms with Crippen molar-refractivity contribution in [3.63, 3.8) is 0 Å². The maximum Gasteiger partial charge on any atom is 0.313 e. The van der Waals surface area contributed by atoms with Crippen LogP contribution in [0.5, 0.6) is 0 Å². The van der Waals surface area contributed by atoms with Crippen molar-refractivity contribution in [1.82, 2.24) is 15.1 Å². The predicted octanol–water partition coefficient (Wildman–Crippen LogP) is 1.32. The lowest BCUT2D eigenvalue weighted by atomic mass is 10.1. The molecule has 6 nitrogen and oxygen atoms in total. The third-order valence-electron chi connectivity index (χ3n) is 4.69. The molecule has 1 unspecified atom stereocenters. The Bertz CT molecular complexity index is 583. The molecule has 1 aromatic rings. The molecule has 138 valence electrons. The summed E-state index contributed by atoms with van der Waals surface area (Å²) in [7, 11) is 0. The van der Waals surface area contributed by atoms with Gasteiger partial charge in [-0.15, -0.1) is 0 Å². The minimum Gasteiger partial charge on any atom is -0.348 e. The Morgan fingerprint density at radius 1 is 1.08 bits per heavy atom. The molecule has 0 radical (unpaired) electrons. The van der Waals surface area contributed by atoms with Gasteiger partial charge in [0.2, 0.25) is 0 Å². The number of carbonyl (C=O) groups excluding carboxylic acids is 2. The third kappa shape index (κ3) is 6.14. The van der Waals surface area contributed by atoms with E-state index in [-0.39, 0.29) is 0 Å². The van der Waals surface area contributed by atoms with E-state index in [4.69, 9.17) is 0 Å². The van der Waals surface area contributed by atoms with E-state index in [2.05, 4.69) is 34.3 Å². The average molecular weight is 346 g/mol. The van der Waals surface area contributed by atoms with Crippen molar-refractivity contribution < 1.29 is 9.59 Å². The van der Waals surface area contributed by atoms with E-state index < -0.39 is 11.8 Å². The normalized spacial score (nSPS) is 17.1. The summed E-state index contributed by atoms with van der Waals surface area (Å²) in [5.41, 5.74) is 1.60. The van der Waals surface area contributed by atoms with E-state index in [1.54, 1.807) is 6.07 Å². The summed E-state index contributed by atoms with van der Waals surface area (Å²) in [6.45, 7) is 13.1. The van der Waals surface area contributed by atoms with E-state index in [0.29, 0.717) is 18.2 Å². The van der Waals surface area contributed by atoms with Crippen molar-refractivity contribution in [3.8, 4) is 0 Å². The van der Waals surface area contributed by atoms with Gasteiger partial charge >= 0.3 is 11.8 Å². The van der Waals surface area contributed by atoms with Crippen LogP contribution in [0.1, 0.15) is 19.4 Å². The number of nitrogens with zero attached hydrogens (tertiary/aromatic N) is 2. The Hall–Kier alpha value is -1.92. The zero-order chi connectivity index (χ0) is 18.2. The van der Waals surface area contributed by atoms with Crippen LogP contribution in [-0.4, -0.2) is 67.4 Å². The summed E-state index contributed by atoms with van der Waals surface area (Å²) < 4.78 is 0. The summed E-state index contributed by atoms with van der Waals surface area (Å²) in [5, 5.41) is 5.40. The Morgan fingerprint density at radius 3 is 2.36 bits per heavy atom. The first kappa shape index (κ1) is 19.4. The molecule has 0 bridgehead atoms. The number of hydrogen-bond donors (Lipinski definition) is 2. The molecular weight excluding hydrogens is 316 g/mol. The molecule has 2 amide bonds. The molecule has 2 rings (SSSR count). The lowest BCUT2D eigenvalue weighted by molar-refractivity contribution is -0.136. The topological polar surface area (TPSA) is 64.7 Å². The molecule has 1 heterocycles. The Labute approximate surface area is 150 Å². The predicted molar refractivity (Wildman–Crippen MR) is 101 cm³/mol. The lowest BCUT2D eigenvalue weighted by Crippen LogP contribution is -2.48. The van der Waals surface area contributed by atoms with Crippen molar-refractivity contribution in [1.29, 1.82) is 0 Å². The smallest absolute Gasteiger partial charge is 0.313 e. The highest BCUT2D eigenvalue weighted by atomic mass is 16.2. The van der Waals surface area contributed by atoms with Gasteiger partial charge in [0, 0.05) is 45.0 Å². The fourth-order valence-corrected chi connectivity index (χ4v) is 3.03. The summed E-state index contributed by atoms with van der Waals surface area (Å²) in [6, 6.07) is 7.42. The van der Waals surface area contributed by atoms with E-state index in [0.717, 1.165) is 44.8 Å². The highest BCUT2D eigenvalue weighted by molar-refractivity contribution is 6.39. The molecule has 1 aromatic carbocycles. The van der Waals surface area contributed by atoms with Crippen molar-refractivity contribution in [2.45, 2.75) is 20.8 Å². The van der Waals surface area contributed by atoms with Crippen LogP contribution in [0.15, 0.2) is 24.3 Å². The largest absolute Gasteiger partial charge is 0.348 e. The lowest BCUT2D eigenvalue weighted by Gasteiger charge is -2.35. The number of rotatable bonds is 6. The number of carbonyl (C=O) groups is 2. The second-order valence-electron chi connectivity index (χ2n) is 6.82. The Kier molecular flexibility index (Phi) is 7.40. The zero-order valence-corrected chi connectivity index (χ0v) is 15.5. The molecule has 2 N–H and O–H groups in total. The van der Waals surface area contributed by atoms with Crippen LogP contribution < -0.4 is 10.6 Å². The summed E-state index contributed by atoms with van der Waals surface area (Å²) >= 11 is 0. The van der Waals surface area contributed by atoms with Crippen molar-refractivity contribution >= 4 is 17.5 Å². The van der Waals surface area contributed by atoms with E-state index in [1.165, 1.54) is 0 Å². The monoisotopic (exact) mass is 346 g/mol. The van der Waals surface area contributed by atoms with Gasteiger partial charge in [-0.3, -0.25) is 9.59 Å². The van der Waals surface area contributed by atoms with Gasteiger partial charge in [-0.1, -0.05) is 32.0 Å². The van der Waals surface area contributed by atoms with E-state index >= 15 is 0 Å². The van der Waals surface area contributed by atoms with E-state index in [1.807, 2.05) is 25.1 Å². The summed E-state index contributed by atoms with van der Waals surface area (Å²) in [5.74, 6) is -0.882. The molecule has 1 aliphatic heterocycles. The Balaban J connectivity index is 1.70. The molecule has 1 saturated heterocycles. The molecule has 6 heteroatoms. The van der Waals surface area contributed by atoms with Gasteiger partial charge < -0.3 is 20.4 Å². The van der Waals surface area contributed by atoms with Crippen LogP contribution in [0, 0.1) is 12.8 Å². The summed E-state index contributed by atoms with van der Waals surface area (Å²) in [4.78, 5) is 28.9. The zero-order valence-electron chi connectivity index (χ0n) is 15.5. The van der Waals surface area contributed by atoms with Gasteiger partial charge in [0.05, 0.1) is 0 Å². The van der Waals surface area contributed by atoms with Crippen molar-refractivity contribution in [3.05, 3.63) is 29.8 Å². The number of benzene rings is 1. The molecular formula is C19H30N4O2. The second kappa shape index (κ2) is 9.53. The number of hydrogen-bond acceptors (Lipinski definition) is 4. The van der Waals surface area contributed by atoms with Gasteiger partial charge in [-0.25, -0.2) is 0 Å². The van der Waals surface area contributed by atoms with Crippen LogP contribution in [0.4, 0.5) is 5.69 Å². The average Bonchev–Trinajstić information content (AvgIpc) is 2.62. The number of aryl methyl sites for hydroxylation is 1. The molecule has 0 spiro atoms. The highest BCUT2D eigenvalue weighted by Crippen LogP contribution is 2.12. The molecule has 0 aliphatic carbocycles. The number of anilines is 1. The van der Waals surface area contributed by atoms with Gasteiger partial charge in [0.25, 0.3) is 0 Å². The second-order valence-corrected chi connectivity index (χ2v) is 6.82. The summed E-state index contributed by atoms with van der Waals surface area (Å²) in [6.07, 6.45) is 0. The van der Waals surface area contributed by atoms with Crippen LogP contribution >= 0.6 is 0 Å². The standard InChI is InChI=1S/C19H30N4O2/c1-4-22-9-11-23(12-10-22)14-15(2)13-20-18(24)19(25)21-17-8-6-5-7-16(17)3/h5-8,15H,4,9-14H2,1-3H3,(H,20,24)(H,21,25). The quantitative estimate of drug-likeness (QED) is 0.763. The maximum absolute atomic E-state index is 12.0. The number of amides is 2. The third-order valence-corrected chi connectivity index (χ3v) is 4.69. The fourth-order valence-electron chi connectivity index (χ4n) is 3.03. The maximum atomic E-state index is 12.0. The molecule has 1 fully saturated rings. The minimum atomic E-state index is -0.613. The minimum absolute atomic E-state index is 0.309. The molecule has 1 atom stereocenters. The molecule has 0 aromatic heterocycles. The van der Waals surface area contributed by atoms with Gasteiger partial charge in [0.1, 0.15) is 0 Å². The molecule has 0 saturated carbocycles. The van der Waals surface area contributed by atoms with Gasteiger partial charge in [0.15, 0.2) is 0 Å². The SMILES string of the molecule is CCN1CCN(CC(C)CNC(=O)C(=O)Nc2ccccc2C)CC1. The van der Waals surface area contributed by atoms with Crippen LogP contribution in [-0.2, 0) is 9.59 Å². The van der Waals surface area contributed by atoms with Crippen LogP contribution in [0.25, 0.3) is 0 Å². The number of nitrogens with one attached hydrogen (secondary N) is 2.